The molecule has 0 radical (unpaired) electrons. The van der Waals surface area contributed by atoms with E-state index in [2.05, 4.69) is 43.4 Å². The van der Waals surface area contributed by atoms with Crippen molar-refractivity contribution < 1.29 is 4.79 Å². The first-order valence-electron chi connectivity index (χ1n) is 6.64. The molecule has 3 heteroatoms. The van der Waals surface area contributed by atoms with Crippen molar-refractivity contribution in [2.24, 2.45) is 11.7 Å². The van der Waals surface area contributed by atoms with Crippen molar-refractivity contribution in [3.63, 3.8) is 0 Å². The Balaban J connectivity index is 2.31. The van der Waals surface area contributed by atoms with E-state index >= 15 is 0 Å². The monoisotopic (exact) mass is 248 g/mol. The summed E-state index contributed by atoms with van der Waals surface area (Å²) in [6, 6.07) is 8.56. The first-order valence-corrected chi connectivity index (χ1v) is 6.64. The van der Waals surface area contributed by atoms with Gasteiger partial charge in [0.15, 0.2) is 0 Å². The predicted molar refractivity (Wildman–Crippen MR) is 75.1 cm³/mol. The summed E-state index contributed by atoms with van der Waals surface area (Å²) < 4.78 is 0. The smallest absolute Gasteiger partial charge is 0.217 e. The third-order valence-corrected chi connectivity index (χ3v) is 2.79. The Kier molecular flexibility index (Phi) is 6.44. The normalized spacial score (nSPS) is 10.8. The van der Waals surface area contributed by atoms with Crippen LogP contribution in [-0.4, -0.2) is 12.5 Å². The average molecular weight is 248 g/mol. The number of rotatable bonds is 8. The molecule has 0 atom stereocenters. The lowest BCUT2D eigenvalue weighted by molar-refractivity contribution is -0.118. The van der Waals surface area contributed by atoms with E-state index < -0.39 is 0 Å². The number of carbonyl (C=O) groups is 1. The van der Waals surface area contributed by atoms with Gasteiger partial charge in [0.2, 0.25) is 5.91 Å². The number of hydrogen-bond donors (Lipinski definition) is 2. The van der Waals surface area contributed by atoms with Gasteiger partial charge in [0, 0.05) is 13.0 Å². The van der Waals surface area contributed by atoms with Crippen LogP contribution < -0.4 is 11.1 Å². The Labute approximate surface area is 110 Å². The van der Waals surface area contributed by atoms with Gasteiger partial charge in [-0.15, -0.1) is 0 Å². The van der Waals surface area contributed by atoms with Crippen LogP contribution in [0.3, 0.4) is 0 Å². The van der Waals surface area contributed by atoms with Gasteiger partial charge in [-0.3, -0.25) is 4.79 Å². The van der Waals surface area contributed by atoms with Gasteiger partial charge in [0.1, 0.15) is 0 Å². The van der Waals surface area contributed by atoms with Crippen LogP contribution in [0.5, 0.6) is 0 Å². The predicted octanol–water partition coefficient (Wildman–Crippen LogP) is 2.24. The zero-order chi connectivity index (χ0) is 13.4. The number of amides is 1. The number of hydrogen-bond acceptors (Lipinski definition) is 2. The van der Waals surface area contributed by atoms with Crippen LogP contribution in [0.25, 0.3) is 0 Å². The molecule has 0 spiro atoms. The minimum Gasteiger partial charge on any atom is -0.370 e. The molecule has 0 unspecified atom stereocenters. The van der Waals surface area contributed by atoms with E-state index in [1.807, 2.05) is 0 Å². The highest BCUT2D eigenvalue weighted by Gasteiger charge is 1.98. The summed E-state index contributed by atoms with van der Waals surface area (Å²) in [4.78, 5) is 10.6. The summed E-state index contributed by atoms with van der Waals surface area (Å²) in [6.07, 6.45) is 2.22. The molecule has 1 rings (SSSR count). The summed E-state index contributed by atoms with van der Waals surface area (Å²) in [6.45, 7) is 6.36. The molecule has 0 bridgehead atoms. The van der Waals surface area contributed by atoms with Crippen molar-refractivity contribution in [2.45, 2.75) is 39.7 Å². The minimum atomic E-state index is -0.218. The van der Waals surface area contributed by atoms with Crippen LogP contribution in [-0.2, 0) is 17.8 Å². The van der Waals surface area contributed by atoms with Crippen LogP contribution in [0.15, 0.2) is 24.3 Å². The first kappa shape index (κ1) is 14.7. The number of benzene rings is 1. The maximum Gasteiger partial charge on any atom is 0.217 e. The number of aryl methyl sites for hydroxylation is 1. The van der Waals surface area contributed by atoms with Gasteiger partial charge in [0.05, 0.1) is 0 Å². The molecular weight excluding hydrogens is 224 g/mol. The van der Waals surface area contributed by atoms with E-state index in [4.69, 9.17) is 5.73 Å². The Hall–Kier alpha value is -1.35. The molecule has 0 fully saturated rings. The second kappa shape index (κ2) is 7.88. The van der Waals surface area contributed by atoms with E-state index in [9.17, 15) is 4.79 Å². The Morgan fingerprint density at radius 1 is 1.22 bits per heavy atom. The van der Waals surface area contributed by atoms with Gasteiger partial charge in [-0.1, -0.05) is 38.1 Å². The van der Waals surface area contributed by atoms with Gasteiger partial charge in [-0.2, -0.15) is 0 Å². The van der Waals surface area contributed by atoms with Crippen LogP contribution in [0.2, 0.25) is 0 Å². The van der Waals surface area contributed by atoms with E-state index in [1.165, 1.54) is 11.1 Å². The van der Waals surface area contributed by atoms with Gasteiger partial charge in [-0.25, -0.2) is 0 Å². The lowest BCUT2D eigenvalue weighted by Gasteiger charge is -2.08. The van der Waals surface area contributed by atoms with E-state index in [0.29, 0.717) is 12.3 Å². The second-order valence-electron chi connectivity index (χ2n) is 5.16. The SMILES string of the molecule is CC(C)CNCc1ccc(CCCC(N)=O)cc1. The molecule has 0 aromatic heterocycles. The van der Waals surface area contributed by atoms with Crippen LogP contribution in [0, 0.1) is 5.92 Å². The quantitative estimate of drug-likeness (QED) is 0.741. The summed E-state index contributed by atoms with van der Waals surface area (Å²) in [5, 5.41) is 3.42. The molecule has 3 N–H and O–H groups in total. The van der Waals surface area contributed by atoms with Gasteiger partial charge < -0.3 is 11.1 Å². The van der Waals surface area contributed by atoms with Crippen molar-refractivity contribution in [2.75, 3.05) is 6.54 Å². The highest BCUT2D eigenvalue weighted by atomic mass is 16.1. The highest BCUT2D eigenvalue weighted by molar-refractivity contribution is 5.73. The topological polar surface area (TPSA) is 55.1 Å². The molecule has 0 heterocycles. The van der Waals surface area contributed by atoms with Crippen molar-refractivity contribution in [3.05, 3.63) is 35.4 Å². The van der Waals surface area contributed by atoms with Crippen molar-refractivity contribution >= 4 is 5.91 Å². The minimum absolute atomic E-state index is 0.218. The summed E-state index contributed by atoms with van der Waals surface area (Å²) in [5.41, 5.74) is 7.68. The number of nitrogens with one attached hydrogen (secondary N) is 1. The molecule has 3 nitrogen and oxygen atoms in total. The Bertz CT molecular complexity index is 357. The number of carbonyl (C=O) groups excluding carboxylic acids is 1. The third-order valence-electron chi connectivity index (χ3n) is 2.79. The molecule has 0 aliphatic rings. The molecule has 1 amide bonds. The highest BCUT2D eigenvalue weighted by Crippen LogP contribution is 2.08. The fraction of sp³-hybridized carbons (Fsp3) is 0.533. The maximum absolute atomic E-state index is 10.6. The zero-order valence-electron chi connectivity index (χ0n) is 11.4. The molecule has 0 saturated carbocycles. The summed E-state index contributed by atoms with van der Waals surface area (Å²) >= 11 is 0. The largest absolute Gasteiger partial charge is 0.370 e. The Morgan fingerprint density at radius 2 is 1.83 bits per heavy atom. The van der Waals surface area contributed by atoms with Gasteiger partial charge in [-0.05, 0) is 36.4 Å². The van der Waals surface area contributed by atoms with Crippen molar-refractivity contribution in [3.8, 4) is 0 Å². The number of nitrogens with two attached hydrogens (primary N) is 1. The van der Waals surface area contributed by atoms with Crippen LogP contribution in [0.4, 0.5) is 0 Å². The standard InChI is InChI=1S/C15H24N2O/c1-12(2)10-17-11-14-8-6-13(7-9-14)4-3-5-15(16)18/h6-9,12,17H,3-5,10-11H2,1-2H3,(H2,16,18). The van der Waals surface area contributed by atoms with Gasteiger partial charge >= 0.3 is 0 Å². The van der Waals surface area contributed by atoms with Crippen molar-refractivity contribution in [1.29, 1.82) is 0 Å². The zero-order valence-corrected chi connectivity index (χ0v) is 11.4. The Morgan fingerprint density at radius 3 is 2.39 bits per heavy atom. The molecule has 1 aromatic rings. The third kappa shape index (κ3) is 6.40. The average Bonchev–Trinajstić information content (AvgIpc) is 2.30. The molecule has 0 aliphatic carbocycles. The molecule has 1 aromatic carbocycles. The second-order valence-corrected chi connectivity index (χ2v) is 5.16. The molecular formula is C15H24N2O. The fourth-order valence-corrected chi connectivity index (χ4v) is 1.80. The maximum atomic E-state index is 10.6. The lowest BCUT2D eigenvalue weighted by Crippen LogP contribution is -2.18. The lowest BCUT2D eigenvalue weighted by atomic mass is 10.1. The molecule has 18 heavy (non-hydrogen) atoms. The van der Waals surface area contributed by atoms with Crippen molar-refractivity contribution in [1.82, 2.24) is 5.32 Å². The summed E-state index contributed by atoms with van der Waals surface area (Å²) in [7, 11) is 0. The van der Waals surface area contributed by atoms with E-state index in [0.717, 1.165) is 25.9 Å². The number of primary amides is 1. The van der Waals surface area contributed by atoms with Crippen LogP contribution >= 0.6 is 0 Å². The van der Waals surface area contributed by atoms with Crippen LogP contribution in [0.1, 0.15) is 37.8 Å². The van der Waals surface area contributed by atoms with Gasteiger partial charge in [0.25, 0.3) is 0 Å². The molecule has 0 saturated heterocycles. The molecule has 100 valence electrons. The van der Waals surface area contributed by atoms with E-state index in [-0.39, 0.29) is 5.91 Å². The molecule has 0 aliphatic heterocycles. The summed E-state index contributed by atoms with van der Waals surface area (Å²) in [5.74, 6) is 0.461. The van der Waals surface area contributed by atoms with E-state index in [1.54, 1.807) is 0 Å². The first-order chi connectivity index (χ1) is 8.58. The fourth-order valence-electron chi connectivity index (χ4n) is 1.80.